The van der Waals surface area contributed by atoms with Crippen LogP contribution in [0.15, 0.2) is 30.4 Å². The minimum atomic E-state index is -0.506. The van der Waals surface area contributed by atoms with Crippen molar-refractivity contribution >= 4 is 29.9 Å². The molecule has 0 spiro atoms. The maximum Gasteiger partial charge on any atom is 0.311 e. The van der Waals surface area contributed by atoms with Gasteiger partial charge in [-0.25, -0.2) is 0 Å². The van der Waals surface area contributed by atoms with E-state index in [2.05, 4.69) is 12.6 Å². The van der Waals surface area contributed by atoms with E-state index in [1.807, 2.05) is 0 Å². The van der Waals surface area contributed by atoms with Gasteiger partial charge in [-0.2, -0.15) is 12.6 Å². The summed E-state index contributed by atoms with van der Waals surface area (Å²) in [6.45, 7) is 0.252. The Kier molecular flexibility index (Phi) is 5.14. The normalized spacial score (nSPS) is 10.6. The molecule has 16 heavy (non-hydrogen) atoms. The molecule has 6 heteroatoms. The van der Waals surface area contributed by atoms with Crippen molar-refractivity contribution < 1.29 is 9.66 Å². The van der Waals surface area contributed by atoms with Gasteiger partial charge >= 0.3 is 5.69 Å². The van der Waals surface area contributed by atoms with Gasteiger partial charge in [0.1, 0.15) is 6.61 Å². The third kappa shape index (κ3) is 3.75. The van der Waals surface area contributed by atoms with Gasteiger partial charge in [-0.1, -0.05) is 23.8 Å². The number of nitrogens with zero attached hydrogens (tertiary/aromatic N) is 1. The molecule has 0 heterocycles. The van der Waals surface area contributed by atoms with Crippen LogP contribution in [0.4, 0.5) is 5.69 Å². The highest BCUT2D eigenvalue weighted by Gasteiger charge is 2.14. The van der Waals surface area contributed by atoms with Gasteiger partial charge in [0.05, 0.1) is 4.92 Å². The molecule has 0 fully saturated rings. The quantitative estimate of drug-likeness (QED) is 0.383. The maximum absolute atomic E-state index is 10.7. The number of halogens is 1. The van der Waals surface area contributed by atoms with Crippen molar-refractivity contribution in [1.82, 2.24) is 0 Å². The number of rotatable bonds is 5. The predicted octanol–water partition coefficient (Wildman–Crippen LogP) is 3.11. The fraction of sp³-hybridized carbons (Fsp3) is 0.200. The lowest BCUT2D eigenvalue weighted by atomic mass is 10.3. The minimum Gasteiger partial charge on any atom is -0.483 e. The van der Waals surface area contributed by atoms with E-state index in [0.29, 0.717) is 10.8 Å². The van der Waals surface area contributed by atoms with Crippen LogP contribution in [0, 0.1) is 10.1 Å². The summed E-state index contributed by atoms with van der Waals surface area (Å²) in [5.41, 5.74) is -0.0938. The summed E-state index contributed by atoms with van der Waals surface area (Å²) in [4.78, 5) is 10.2. The molecule has 0 saturated heterocycles. The summed E-state index contributed by atoms with van der Waals surface area (Å²) >= 11 is 9.71. The first-order valence-electron chi connectivity index (χ1n) is 4.47. The largest absolute Gasteiger partial charge is 0.483 e. The second kappa shape index (κ2) is 6.40. The average Bonchev–Trinajstić information content (AvgIpc) is 2.24. The Morgan fingerprint density at radius 3 is 2.88 bits per heavy atom. The molecule has 0 atom stereocenters. The highest BCUT2D eigenvalue weighted by Crippen LogP contribution is 2.29. The molecule has 86 valence electrons. The van der Waals surface area contributed by atoms with E-state index in [-0.39, 0.29) is 18.0 Å². The fourth-order valence-corrected chi connectivity index (χ4v) is 1.35. The van der Waals surface area contributed by atoms with Crippen LogP contribution in [0.5, 0.6) is 5.75 Å². The minimum absolute atomic E-state index is 0.0938. The maximum atomic E-state index is 10.7. The standard InChI is InChI=1S/C10H10ClNO3S/c11-8-3-4-9(12(13)14)10(7-8)15-5-1-2-6-16/h1-4,7,16H,5-6H2. The summed E-state index contributed by atoms with van der Waals surface area (Å²) in [6.07, 6.45) is 3.52. The molecule has 4 nitrogen and oxygen atoms in total. The number of hydrogen-bond donors (Lipinski definition) is 1. The van der Waals surface area contributed by atoms with Crippen molar-refractivity contribution in [3.63, 3.8) is 0 Å². The Morgan fingerprint density at radius 1 is 1.50 bits per heavy atom. The lowest BCUT2D eigenvalue weighted by Gasteiger charge is -2.04. The van der Waals surface area contributed by atoms with Crippen molar-refractivity contribution in [1.29, 1.82) is 0 Å². The van der Waals surface area contributed by atoms with Crippen LogP contribution in [-0.2, 0) is 0 Å². The monoisotopic (exact) mass is 259 g/mol. The molecule has 0 unspecified atom stereocenters. The Labute approximate surface area is 103 Å². The second-order valence-electron chi connectivity index (χ2n) is 2.83. The molecule has 1 aromatic carbocycles. The molecular weight excluding hydrogens is 250 g/mol. The summed E-state index contributed by atoms with van der Waals surface area (Å²) in [7, 11) is 0. The lowest BCUT2D eigenvalue weighted by molar-refractivity contribution is -0.385. The van der Waals surface area contributed by atoms with E-state index in [0.717, 1.165) is 0 Å². The van der Waals surface area contributed by atoms with Crippen molar-refractivity contribution in [2.45, 2.75) is 0 Å². The fourth-order valence-electron chi connectivity index (χ4n) is 1.03. The van der Waals surface area contributed by atoms with Crippen LogP contribution in [-0.4, -0.2) is 17.3 Å². The number of nitro groups is 1. The molecule has 0 aliphatic heterocycles. The van der Waals surface area contributed by atoms with Gasteiger partial charge in [-0.15, -0.1) is 0 Å². The number of benzene rings is 1. The van der Waals surface area contributed by atoms with E-state index in [4.69, 9.17) is 16.3 Å². The van der Waals surface area contributed by atoms with Gasteiger partial charge in [0.25, 0.3) is 0 Å². The summed E-state index contributed by atoms with van der Waals surface area (Å²) < 4.78 is 5.23. The van der Waals surface area contributed by atoms with Crippen LogP contribution in [0.1, 0.15) is 0 Å². The van der Waals surface area contributed by atoms with Crippen molar-refractivity contribution in [2.24, 2.45) is 0 Å². The summed E-state index contributed by atoms with van der Waals surface area (Å²) in [5.74, 6) is 0.766. The molecule has 0 saturated carbocycles. The van der Waals surface area contributed by atoms with E-state index < -0.39 is 4.92 Å². The van der Waals surface area contributed by atoms with Crippen molar-refractivity contribution in [3.8, 4) is 5.75 Å². The van der Waals surface area contributed by atoms with Crippen LogP contribution in [0.2, 0.25) is 5.02 Å². The Morgan fingerprint density at radius 2 is 2.25 bits per heavy atom. The Hall–Kier alpha value is -1.20. The average molecular weight is 260 g/mol. The van der Waals surface area contributed by atoms with Crippen molar-refractivity contribution in [2.75, 3.05) is 12.4 Å². The third-order valence-electron chi connectivity index (χ3n) is 1.73. The first-order valence-corrected chi connectivity index (χ1v) is 5.49. The van der Waals surface area contributed by atoms with E-state index >= 15 is 0 Å². The first kappa shape index (κ1) is 12.9. The topological polar surface area (TPSA) is 52.4 Å². The second-order valence-corrected chi connectivity index (χ2v) is 3.64. The zero-order valence-electron chi connectivity index (χ0n) is 8.30. The predicted molar refractivity (Wildman–Crippen MR) is 66.6 cm³/mol. The number of thiol groups is 1. The molecule has 1 rings (SSSR count). The van der Waals surface area contributed by atoms with E-state index in [1.54, 1.807) is 12.2 Å². The molecule has 0 aliphatic carbocycles. The number of ether oxygens (including phenoxy) is 1. The van der Waals surface area contributed by atoms with Gasteiger partial charge in [0, 0.05) is 22.9 Å². The third-order valence-corrected chi connectivity index (χ3v) is 2.17. The molecule has 0 radical (unpaired) electrons. The van der Waals surface area contributed by atoms with Gasteiger partial charge in [0.15, 0.2) is 5.75 Å². The zero-order chi connectivity index (χ0) is 12.0. The van der Waals surface area contributed by atoms with Crippen LogP contribution >= 0.6 is 24.2 Å². The molecule has 0 aromatic heterocycles. The zero-order valence-corrected chi connectivity index (χ0v) is 9.95. The first-order chi connectivity index (χ1) is 7.65. The van der Waals surface area contributed by atoms with Crippen LogP contribution < -0.4 is 4.74 Å². The van der Waals surface area contributed by atoms with Gasteiger partial charge in [0.2, 0.25) is 0 Å². The highest BCUT2D eigenvalue weighted by atomic mass is 35.5. The van der Waals surface area contributed by atoms with Crippen LogP contribution in [0.3, 0.4) is 0 Å². The molecular formula is C10H10ClNO3S. The highest BCUT2D eigenvalue weighted by molar-refractivity contribution is 7.80. The molecule has 0 amide bonds. The number of nitro benzene ring substituents is 1. The number of hydrogen-bond acceptors (Lipinski definition) is 4. The van der Waals surface area contributed by atoms with Crippen LogP contribution in [0.25, 0.3) is 0 Å². The molecule has 0 N–H and O–H groups in total. The van der Waals surface area contributed by atoms with Gasteiger partial charge in [-0.05, 0) is 6.07 Å². The molecule has 0 aliphatic rings. The van der Waals surface area contributed by atoms with Crippen molar-refractivity contribution in [3.05, 3.63) is 45.5 Å². The SMILES string of the molecule is O=[N+]([O-])c1ccc(Cl)cc1OCC=CCS. The Bertz CT molecular complexity index is 409. The van der Waals surface area contributed by atoms with E-state index in [1.165, 1.54) is 18.2 Å². The smallest absolute Gasteiger partial charge is 0.311 e. The summed E-state index contributed by atoms with van der Waals surface area (Å²) in [6, 6.07) is 4.20. The molecule has 0 bridgehead atoms. The Balaban J connectivity index is 2.80. The van der Waals surface area contributed by atoms with Gasteiger partial charge < -0.3 is 4.74 Å². The summed E-state index contributed by atoms with van der Waals surface area (Å²) in [5, 5.41) is 11.1. The van der Waals surface area contributed by atoms with Gasteiger partial charge in [-0.3, -0.25) is 10.1 Å². The van der Waals surface area contributed by atoms with E-state index in [9.17, 15) is 10.1 Å². The molecule has 1 aromatic rings. The lowest BCUT2D eigenvalue weighted by Crippen LogP contribution is -1.98.